The molecule has 0 spiro atoms. The molecule has 5 rings (SSSR count). The third-order valence-electron chi connectivity index (χ3n) is 9.96. The van der Waals surface area contributed by atoms with Gasteiger partial charge in [-0.15, -0.1) is 0 Å². The van der Waals surface area contributed by atoms with Crippen molar-refractivity contribution in [2.45, 2.75) is 116 Å². The van der Waals surface area contributed by atoms with E-state index in [1.165, 1.54) is 101 Å². The van der Waals surface area contributed by atoms with Gasteiger partial charge in [-0.25, -0.2) is 0 Å². The van der Waals surface area contributed by atoms with E-state index in [0.29, 0.717) is 30.6 Å². The second-order valence-corrected chi connectivity index (χ2v) is 13.2. The van der Waals surface area contributed by atoms with Crippen LogP contribution in [0.5, 0.6) is 0 Å². The lowest BCUT2D eigenvalue weighted by Crippen LogP contribution is -2.49. The Kier molecular flexibility index (Phi) is 11.8. The molecular formula is C35H54N6O. The van der Waals surface area contributed by atoms with Crippen molar-refractivity contribution in [2.75, 3.05) is 42.1 Å². The van der Waals surface area contributed by atoms with Gasteiger partial charge in [0.25, 0.3) is 0 Å². The highest BCUT2D eigenvalue weighted by Gasteiger charge is 2.24. The normalized spacial score (nSPS) is 18.5. The van der Waals surface area contributed by atoms with Gasteiger partial charge >= 0.3 is 0 Å². The number of aromatic nitrogens is 2. The molecule has 0 bridgehead atoms. The van der Waals surface area contributed by atoms with Crippen LogP contribution in [-0.4, -0.2) is 47.0 Å². The van der Waals surface area contributed by atoms with Crippen molar-refractivity contribution in [3.8, 4) is 0 Å². The topological polar surface area (TPSA) is 87.4 Å². The average molecular weight is 575 g/mol. The minimum atomic E-state index is 0.307. The van der Waals surface area contributed by atoms with Gasteiger partial charge in [-0.05, 0) is 42.2 Å². The zero-order valence-electron chi connectivity index (χ0n) is 25.9. The van der Waals surface area contributed by atoms with Crippen molar-refractivity contribution in [1.82, 2.24) is 14.9 Å². The number of hydrogen-bond donors (Lipinski definition) is 2. The Morgan fingerprint density at radius 1 is 0.786 bits per heavy atom. The fourth-order valence-electron chi connectivity index (χ4n) is 7.26. The van der Waals surface area contributed by atoms with E-state index >= 15 is 0 Å². The minimum absolute atomic E-state index is 0.307. The van der Waals surface area contributed by atoms with E-state index in [9.17, 15) is 4.79 Å². The predicted octanol–water partition coefficient (Wildman–Crippen LogP) is 7.36. The molecule has 1 aromatic heterocycles. The number of carbonyl (C=O) groups is 1. The summed E-state index contributed by atoms with van der Waals surface area (Å²) in [4.78, 5) is 26.2. The molecule has 7 nitrogen and oxygen atoms in total. The fourth-order valence-corrected chi connectivity index (χ4v) is 7.26. The SMILES string of the molecule is Nc1cc(N2CCN(C(=O)CCC3CCCC3)CC2)nc(NCc2ccc(CCCCCCC3CCCCC3)cc2)n1. The summed E-state index contributed by atoms with van der Waals surface area (Å²) in [7, 11) is 0. The van der Waals surface area contributed by atoms with E-state index in [0.717, 1.165) is 56.7 Å². The van der Waals surface area contributed by atoms with Crippen molar-refractivity contribution in [3.63, 3.8) is 0 Å². The first-order chi connectivity index (χ1) is 20.6. The number of hydrogen-bond acceptors (Lipinski definition) is 6. The molecular weight excluding hydrogens is 520 g/mol. The quantitative estimate of drug-likeness (QED) is 0.229. The molecule has 3 fully saturated rings. The van der Waals surface area contributed by atoms with Gasteiger partial charge in [0.05, 0.1) is 0 Å². The van der Waals surface area contributed by atoms with Gasteiger partial charge in [0.1, 0.15) is 11.6 Å². The van der Waals surface area contributed by atoms with Gasteiger partial charge < -0.3 is 20.9 Å². The molecule has 2 heterocycles. The van der Waals surface area contributed by atoms with E-state index in [2.05, 4.69) is 39.5 Å². The van der Waals surface area contributed by atoms with Crippen LogP contribution in [0.3, 0.4) is 0 Å². The Bertz CT molecular complexity index is 1090. The minimum Gasteiger partial charge on any atom is -0.383 e. The van der Waals surface area contributed by atoms with E-state index in [4.69, 9.17) is 10.7 Å². The molecule has 1 saturated heterocycles. The first-order valence-electron chi connectivity index (χ1n) is 17.1. The van der Waals surface area contributed by atoms with Crippen LogP contribution >= 0.6 is 0 Å². The smallest absolute Gasteiger partial charge is 0.226 e. The Hall–Kier alpha value is -2.83. The zero-order valence-corrected chi connectivity index (χ0v) is 25.9. The average Bonchev–Trinajstić information content (AvgIpc) is 3.55. The third-order valence-corrected chi connectivity index (χ3v) is 9.96. The number of rotatable bonds is 14. The number of nitrogens with one attached hydrogen (secondary N) is 1. The highest BCUT2D eigenvalue weighted by Crippen LogP contribution is 2.29. The molecule has 2 aliphatic carbocycles. The molecule has 3 N–H and O–H groups in total. The van der Waals surface area contributed by atoms with Crippen LogP contribution in [0.1, 0.15) is 114 Å². The molecule has 0 atom stereocenters. The summed E-state index contributed by atoms with van der Waals surface area (Å²) in [6.07, 6.45) is 22.4. The number of benzene rings is 1. The van der Waals surface area contributed by atoms with Crippen molar-refractivity contribution in [1.29, 1.82) is 0 Å². The van der Waals surface area contributed by atoms with Gasteiger partial charge in [-0.1, -0.05) is 108 Å². The van der Waals surface area contributed by atoms with Crippen molar-refractivity contribution in [3.05, 3.63) is 41.5 Å². The monoisotopic (exact) mass is 574 g/mol. The van der Waals surface area contributed by atoms with Gasteiger partial charge in [0.15, 0.2) is 0 Å². The fraction of sp³-hybridized carbons (Fsp3) is 0.686. The standard InChI is InChI=1S/C35H54N6O/c36-32-26-33(40-22-24-41(25-23-40)34(42)21-20-29-14-8-9-15-29)39-35(38-32)37-27-31-18-16-30(17-19-31)13-5-2-1-4-10-28-11-6-3-7-12-28/h16-19,26,28-29H,1-15,20-25,27H2,(H3,36,37,38,39). The summed E-state index contributed by atoms with van der Waals surface area (Å²) in [6, 6.07) is 10.8. The predicted molar refractivity (Wildman–Crippen MR) is 174 cm³/mol. The van der Waals surface area contributed by atoms with Gasteiger partial charge in [0, 0.05) is 45.2 Å². The maximum atomic E-state index is 12.7. The van der Waals surface area contributed by atoms with Crippen LogP contribution in [0.15, 0.2) is 30.3 Å². The van der Waals surface area contributed by atoms with Crippen LogP contribution in [-0.2, 0) is 17.8 Å². The number of nitrogens with zero attached hydrogens (tertiary/aromatic N) is 4. The third kappa shape index (κ3) is 9.60. The molecule has 2 saturated carbocycles. The Labute approximate surface area is 254 Å². The summed E-state index contributed by atoms with van der Waals surface area (Å²) in [5.41, 5.74) is 8.79. The summed E-state index contributed by atoms with van der Waals surface area (Å²) in [5.74, 6) is 3.94. The number of carbonyl (C=O) groups excluding carboxylic acids is 1. The molecule has 42 heavy (non-hydrogen) atoms. The molecule has 1 aromatic carbocycles. The van der Waals surface area contributed by atoms with Crippen LogP contribution in [0, 0.1) is 11.8 Å². The number of aryl methyl sites for hydroxylation is 1. The Morgan fingerprint density at radius 2 is 1.43 bits per heavy atom. The molecule has 7 heteroatoms. The van der Waals surface area contributed by atoms with Crippen LogP contribution in [0.4, 0.5) is 17.6 Å². The van der Waals surface area contributed by atoms with Crippen molar-refractivity contribution >= 4 is 23.5 Å². The molecule has 0 radical (unpaired) electrons. The molecule has 230 valence electrons. The van der Waals surface area contributed by atoms with E-state index in [1.807, 2.05) is 11.0 Å². The summed E-state index contributed by atoms with van der Waals surface area (Å²) in [5, 5.41) is 3.37. The number of amides is 1. The second-order valence-electron chi connectivity index (χ2n) is 13.2. The maximum absolute atomic E-state index is 12.7. The number of piperazine rings is 1. The highest BCUT2D eigenvalue weighted by atomic mass is 16.2. The lowest BCUT2D eigenvalue weighted by Gasteiger charge is -2.35. The van der Waals surface area contributed by atoms with Crippen LogP contribution < -0.4 is 16.0 Å². The Morgan fingerprint density at radius 3 is 2.17 bits per heavy atom. The van der Waals surface area contributed by atoms with E-state index in [-0.39, 0.29) is 0 Å². The molecule has 1 amide bonds. The summed E-state index contributed by atoms with van der Waals surface area (Å²) < 4.78 is 0. The van der Waals surface area contributed by atoms with E-state index in [1.54, 1.807) is 0 Å². The number of unbranched alkanes of at least 4 members (excludes halogenated alkanes) is 3. The van der Waals surface area contributed by atoms with Crippen molar-refractivity contribution < 1.29 is 4.79 Å². The van der Waals surface area contributed by atoms with E-state index < -0.39 is 0 Å². The van der Waals surface area contributed by atoms with Crippen molar-refractivity contribution in [2.24, 2.45) is 11.8 Å². The highest BCUT2D eigenvalue weighted by molar-refractivity contribution is 5.76. The molecule has 0 unspecified atom stereocenters. The lowest BCUT2D eigenvalue weighted by atomic mass is 9.85. The van der Waals surface area contributed by atoms with Gasteiger partial charge in [-0.3, -0.25) is 4.79 Å². The molecule has 2 aromatic rings. The van der Waals surface area contributed by atoms with Gasteiger partial charge in [-0.2, -0.15) is 9.97 Å². The largest absolute Gasteiger partial charge is 0.383 e. The summed E-state index contributed by atoms with van der Waals surface area (Å²) in [6.45, 7) is 3.68. The number of nitrogens with two attached hydrogens (primary N) is 1. The lowest BCUT2D eigenvalue weighted by molar-refractivity contribution is -0.131. The molecule has 1 aliphatic heterocycles. The molecule has 3 aliphatic rings. The first-order valence-corrected chi connectivity index (χ1v) is 17.1. The van der Waals surface area contributed by atoms with Gasteiger partial charge in [0.2, 0.25) is 11.9 Å². The Balaban J connectivity index is 0.999. The van der Waals surface area contributed by atoms with Crippen LogP contribution in [0.2, 0.25) is 0 Å². The van der Waals surface area contributed by atoms with Crippen LogP contribution in [0.25, 0.3) is 0 Å². The summed E-state index contributed by atoms with van der Waals surface area (Å²) >= 11 is 0. The number of nitrogen functional groups attached to an aromatic ring is 1. The first kappa shape index (κ1) is 30.6. The number of anilines is 3. The maximum Gasteiger partial charge on any atom is 0.226 e. The zero-order chi connectivity index (χ0) is 29.0. The second kappa shape index (κ2) is 16.1.